The zero-order valence-corrected chi connectivity index (χ0v) is 13.2. The highest BCUT2D eigenvalue weighted by Gasteiger charge is 2.16. The molecule has 3 rings (SSSR count). The van der Waals surface area contributed by atoms with Gasteiger partial charge in [-0.25, -0.2) is 0 Å². The summed E-state index contributed by atoms with van der Waals surface area (Å²) in [5.74, 6) is 1.56. The number of hydrogen-bond acceptors (Lipinski definition) is 3. The molecule has 20 heavy (non-hydrogen) atoms. The highest BCUT2D eigenvalue weighted by Crippen LogP contribution is 2.37. The van der Waals surface area contributed by atoms with Crippen LogP contribution in [0.5, 0.6) is 11.5 Å². The van der Waals surface area contributed by atoms with Gasteiger partial charge in [-0.05, 0) is 42.3 Å². The molecule has 3 nitrogen and oxygen atoms in total. The molecule has 0 fully saturated rings. The molecule has 5 heteroatoms. The van der Waals surface area contributed by atoms with E-state index >= 15 is 0 Å². The van der Waals surface area contributed by atoms with Crippen molar-refractivity contribution in [2.24, 2.45) is 0 Å². The van der Waals surface area contributed by atoms with Crippen LogP contribution in [0.25, 0.3) is 0 Å². The van der Waals surface area contributed by atoms with Crippen molar-refractivity contribution in [1.29, 1.82) is 0 Å². The van der Waals surface area contributed by atoms with Gasteiger partial charge in [0.05, 0.1) is 0 Å². The Bertz CT molecular complexity index is 661. The average molecular weight is 355 g/mol. The van der Waals surface area contributed by atoms with Crippen molar-refractivity contribution in [3.05, 3.63) is 51.0 Å². The lowest BCUT2D eigenvalue weighted by atomic mass is 10.1. The molecule has 2 aromatic rings. The van der Waals surface area contributed by atoms with E-state index in [1.807, 2.05) is 37.3 Å². The number of fused-ring (bicyclic) bond motifs is 1. The summed E-state index contributed by atoms with van der Waals surface area (Å²) in [6, 6.07) is 9.76. The molecule has 0 saturated carbocycles. The van der Waals surface area contributed by atoms with Crippen LogP contribution >= 0.6 is 27.5 Å². The molecule has 0 amide bonds. The van der Waals surface area contributed by atoms with Gasteiger partial charge in [0.15, 0.2) is 11.5 Å². The third-order valence-electron chi connectivity index (χ3n) is 3.28. The quantitative estimate of drug-likeness (QED) is 0.862. The summed E-state index contributed by atoms with van der Waals surface area (Å²) < 4.78 is 11.7. The van der Waals surface area contributed by atoms with Gasteiger partial charge in [-0.1, -0.05) is 33.6 Å². The summed E-state index contributed by atoms with van der Waals surface area (Å²) in [6.45, 7) is 2.96. The number of nitrogens with one attached hydrogen (secondary N) is 1. The Labute approximate surface area is 131 Å². The van der Waals surface area contributed by atoms with E-state index in [4.69, 9.17) is 21.1 Å². The van der Waals surface area contributed by atoms with Crippen molar-refractivity contribution >= 4 is 33.2 Å². The molecule has 0 saturated heterocycles. The fourth-order valence-electron chi connectivity index (χ4n) is 2.08. The number of ether oxygens (including phenoxy) is 2. The van der Waals surface area contributed by atoms with Gasteiger partial charge in [-0.3, -0.25) is 0 Å². The number of benzene rings is 2. The van der Waals surface area contributed by atoms with Crippen LogP contribution in [0, 0.1) is 6.92 Å². The smallest absolute Gasteiger partial charge is 0.231 e. The normalized spacial score (nSPS) is 12.6. The summed E-state index contributed by atoms with van der Waals surface area (Å²) >= 11 is 9.67. The second-order valence-electron chi connectivity index (χ2n) is 4.56. The van der Waals surface area contributed by atoms with Crippen LogP contribution in [0.2, 0.25) is 5.02 Å². The third kappa shape index (κ3) is 2.58. The fourth-order valence-corrected chi connectivity index (χ4v) is 2.72. The van der Waals surface area contributed by atoms with Crippen molar-refractivity contribution in [1.82, 2.24) is 0 Å². The maximum Gasteiger partial charge on any atom is 0.231 e. The molecule has 1 heterocycles. The maximum atomic E-state index is 6.12. The highest BCUT2D eigenvalue weighted by atomic mass is 79.9. The van der Waals surface area contributed by atoms with Gasteiger partial charge in [0.1, 0.15) is 0 Å². The van der Waals surface area contributed by atoms with Crippen LogP contribution in [0.1, 0.15) is 11.1 Å². The summed E-state index contributed by atoms with van der Waals surface area (Å²) in [5.41, 5.74) is 3.18. The number of halogens is 2. The Morgan fingerprint density at radius 2 is 2.00 bits per heavy atom. The predicted octanol–water partition coefficient (Wildman–Crippen LogP) is 4.75. The molecule has 0 radical (unpaired) electrons. The zero-order valence-electron chi connectivity index (χ0n) is 10.9. The first-order valence-corrected chi connectivity index (χ1v) is 7.39. The molecular weight excluding hydrogens is 342 g/mol. The molecule has 2 aromatic carbocycles. The molecule has 0 atom stereocenters. The second-order valence-corrected chi connectivity index (χ2v) is 5.82. The van der Waals surface area contributed by atoms with Gasteiger partial charge >= 0.3 is 0 Å². The topological polar surface area (TPSA) is 30.5 Å². The molecule has 104 valence electrons. The summed E-state index contributed by atoms with van der Waals surface area (Å²) in [6.07, 6.45) is 0. The zero-order chi connectivity index (χ0) is 14.1. The van der Waals surface area contributed by atoms with E-state index in [-0.39, 0.29) is 6.79 Å². The first kappa shape index (κ1) is 13.6. The van der Waals surface area contributed by atoms with Crippen LogP contribution in [0.15, 0.2) is 34.8 Å². The van der Waals surface area contributed by atoms with Crippen molar-refractivity contribution in [2.75, 3.05) is 12.1 Å². The highest BCUT2D eigenvalue weighted by molar-refractivity contribution is 9.10. The van der Waals surface area contributed by atoms with Gasteiger partial charge < -0.3 is 14.8 Å². The standard InChI is InChI=1S/C15H13BrClNO2/c1-9-12(17)3-2-4-13(9)18-7-10-5-14-15(6-11(10)16)20-8-19-14/h2-6,18H,7-8H2,1H3. The second kappa shape index (κ2) is 5.54. The Morgan fingerprint density at radius 3 is 2.80 bits per heavy atom. The minimum Gasteiger partial charge on any atom is -0.454 e. The molecule has 0 aliphatic carbocycles. The van der Waals surface area contributed by atoms with Crippen LogP contribution < -0.4 is 14.8 Å². The molecule has 1 aliphatic heterocycles. The molecule has 1 N–H and O–H groups in total. The Morgan fingerprint density at radius 1 is 1.25 bits per heavy atom. The molecule has 0 unspecified atom stereocenters. The largest absolute Gasteiger partial charge is 0.454 e. The molecular formula is C15H13BrClNO2. The first-order valence-electron chi connectivity index (χ1n) is 6.22. The molecule has 0 spiro atoms. The predicted molar refractivity (Wildman–Crippen MR) is 83.8 cm³/mol. The van der Waals surface area contributed by atoms with Crippen molar-refractivity contribution in [3.8, 4) is 11.5 Å². The van der Waals surface area contributed by atoms with E-state index < -0.39 is 0 Å². The lowest BCUT2D eigenvalue weighted by molar-refractivity contribution is 0.174. The van der Waals surface area contributed by atoms with E-state index in [2.05, 4.69) is 21.2 Å². The number of hydrogen-bond donors (Lipinski definition) is 1. The van der Waals surface area contributed by atoms with Crippen molar-refractivity contribution < 1.29 is 9.47 Å². The SMILES string of the molecule is Cc1c(Cl)cccc1NCc1cc2c(cc1Br)OCO2. The van der Waals surface area contributed by atoms with Crippen LogP contribution in [0.3, 0.4) is 0 Å². The lowest BCUT2D eigenvalue weighted by Crippen LogP contribution is -2.02. The van der Waals surface area contributed by atoms with Crippen LogP contribution in [0.4, 0.5) is 5.69 Å². The van der Waals surface area contributed by atoms with Gasteiger partial charge in [-0.15, -0.1) is 0 Å². The fraction of sp³-hybridized carbons (Fsp3) is 0.200. The first-order chi connectivity index (χ1) is 9.65. The van der Waals surface area contributed by atoms with Gasteiger partial charge in [0, 0.05) is 21.7 Å². The van der Waals surface area contributed by atoms with Crippen molar-refractivity contribution in [2.45, 2.75) is 13.5 Å². The van der Waals surface area contributed by atoms with E-state index in [0.717, 1.165) is 37.8 Å². The minimum absolute atomic E-state index is 0.284. The minimum atomic E-state index is 0.284. The molecule has 1 aliphatic rings. The van der Waals surface area contributed by atoms with E-state index in [9.17, 15) is 0 Å². The molecule has 0 aromatic heterocycles. The Hall–Kier alpha value is -1.39. The Kier molecular flexibility index (Phi) is 3.76. The third-order valence-corrected chi connectivity index (χ3v) is 4.43. The monoisotopic (exact) mass is 353 g/mol. The molecule has 0 bridgehead atoms. The van der Waals surface area contributed by atoms with Crippen molar-refractivity contribution in [3.63, 3.8) is 0 Å². The summed E-state index contributed by atoms with van der Waals surface area (Å²) in [5, 5.41) is 4.15. The summed E-state index contributed by atoms with van der Waals surface area (Å²) in [7, 11) is 0. The number of anilines is 1. The van der Waals surface area contributed by atoms with E-state index in [0.29, 0.717) is 6.54 Å². The summed E-state index contributed by atoms with van der Waals surface area (Å²) in [4.78, 5) is 0. The van der Waals surface area contributed by atoms with Crippen LogP contribution in [-0.2, 0) is 6.54 Å². The van der Waals surface area contributed by atoms with Gasteiger partial charge in [0.2, 0.25) is 6.79 Å². The maximum absolute atomic E-state index is 6.12. The van der Waals surface area contributed by atoms with Gasteiger partial charge in [0.25, 0.3) is 0 Å². The van der Waals surface area contributed by atoms with E-state index in [1.54, 1.807) is 0 Å². The van der Waals surface area contributed by atoms with Gasteiger partial charge in [-0.2, -0.15) is 0 Å². The lowest BCUT2D eigenvalue weighted by Gasteiger charge is -2.12. The Balaban J connectivity index is 1.80. The number of rotatable bonds is 3. The average Bonchev–Trinajstić information content (AvgIpc) is 2.87. The van der Waals surface area contributed by atoms with Crippen LogP contribution in [-0.4, -0.2) is 6.79 Å². The van der Waals surface area contributed by atoms with E-state index in [1.165, 1.54) is 0 Å².